The van der Waals surface area contributed by atoms with Gasteiger partial charge in [-0.25, -0.2) is 9.59 Å². The highest BCUT2D eigenvalue weighted by Crippen LogP contribution is 2.30. The van der Waals surface area contributed by atoms with Crippen molar-refractivity contribution in [1.82, 2.24) is 0 Å². The molecule has 0 aromatic heterocycles. The second kappa shape index (κ2) is 11.8. The number of hydrogen-bond acceptors (Lipinski definition) is 8. The summed E-state index contributed by atoms with van der Waals surface area (Å²) in [5.74, 6) is 0.214. The minimum absolute atomic E-state index is 0.156. The summed E-state index contributed by atoms with van der Waals surface area (Å²) in [4.78, 5) is 24.0. The molecule has 0 unspecified atom stereocenters. The number of benzene rings is 2. The third-order valence-electron chi connectivity index (χ3n) is 4.14. The van der Waals surface area contributed by atoms with Crippen molar-refractivity contribution in [2.45, 2.75) is 6.92 Å². The van der Waals surface area contributed by atoms with Gasteiger partial charge >= 0.3 is 11.9 Å². The molecule has 0 aliphatic rings. The molecule has 0 saturated carbocycles. The second-order valence-electron chi connectivity index (χ2n) is 6.17. The Morgan fingerprint density at radius 1 is 0.906 bits per heavy atom. The molecule has 0 N–H and O–H groups in total. The number of carbonyl (C=O) groups excluding carboxylic acids is 2. The molecule has 2 aromatic carbocycles. The molecule has 0 amide bonds. The first-order valence-electron chi connectivity index (χ1n) is 9.54. The fraction of sp³-hybridized carbons (Fsp3) is 0.208. The minimum atomic E-state index is -0.718. The van der Waals surface area contributed by atoms with E-state index in [1.54, 1.807) is 43.3 Å². The number of hydrogen-bond donors (Lipinski definition) is 0. The molecule has 8 nitrogen and oxygen atoms in total. The van der Waals surface area contributed by atoms with E-state index in [0.717, 1.165) is 5.56 Å². The van der Waals surface area contributed by atoms with Crippen molar-refractivity contribution in [3.63, 3.8) is 0 Å². The Hall–Kier alpha value is -4.25. The van der Waals surface area contributed by atoms with Gasteiger partial charge in [0.2, 0.25) is 0 Å². The Labute approximate surface area is 186 Å². The van der Waals surface area contributed by atoms with Crippen LogP contribution in [0, 0.1) is 11.3 Å². The summed E-state index contributed by atoms with van der Waals surface area (Å²) in [6, 6.07) is 11.6. The number of ether oxygens (including phenoxy) is 5. The highest BCUT2D eigenvalue weighted by atomic mass is 16.6. The van der Waals surface area contributed by atoms with Gasteiger partial charge in [-0.1, -0.05) is 12.1 Å². The normalized spacial score (nSPS) is 10.9. The van der Waals surface area contributed by atoms with Gasteiger partial charge in [-0.3, -0.25) is 0 Å². The third kappa shape index (κ3) is 6.37. The average molecular weight is 437 g/mol. The van der Waals surface area contributed by atoms with Crippen LogP contribution in [0.2, 0.25) is 0 Å². The van der Waals surface area contributed by atoms with Crippen LogP contribution >= 0.6 is 0 Å². The first kappa shape index (κ1) is 24.0. The van der Waals surface area contributed by atoms with Gasteiger partial charge in [0, 0.05) is 6.08 Å². The van der Waals surface area contributed by atoms with Crippen LogP contribution in [-0.4, -0.2) is 39.9 Å². The number of esters is 2. The van der Waals surface area contributed by atoms with Gasteiger partial charge in [-0.15, -0.1) is 0 Å². The SMILES string of the molecule is CCOC(=O)C(C#N)=Cc1ccc(OC(=O)C=Cc2ccc(OC)c(OC)c2)c(OC)c1. The standard InChI is InChI=1S/C24H23NO7/c1-5-31-24(27)18(15-25)12-17-7-10-20(22(14-17)30-4)32-23(26)11-8-16-6-9-19(28-2)21(13-16)29-3/h6-14H,5H2,1-4H3. The fourth-order valence-corrected chi connectivity index (χ4v) is 2.63. The number of rotatable bonds is 9. The summed E-state index contributed by atoms with van der Waals surface area (Å²) < 4.78 is 25.9. The molecule has 0 fully saturated rings. The summed E-state index contributed by atoms with van der Waals surface area (Å²) in [5, 5.41) is 9.16. The van der Waals surface area contributed by atoms with E-state index in [4.69, 9.17) is 28.9 Å². The van der Waals surface area contributed by atoms with Crippen molar-refractivity contribution in [1.29, 1.82) is 5.26 Å². The molecule has 8 heteroatoms. The Kier molecular flexibility index (Phi) is 8.87. The van der Waals surface area contributed by atoms with Gasteiger partial charge in [0.1, 0.15) is 11.6 Å². The van der Waals surface area contributed by atoms with Crippen molar-refractivity contribution < 1.29 is 33.3 Å². The zero-order chi connectivity index (χ0) is 23.5. The van der Waals surface area contributed by atoms with Crippen molar-refractivity contribution in [3.05, 3.63) is 59.2 Å². The summed E-state index contributed by atoms with van der Waals surface area (Å²) >= 11 is 0. The summed E-state index contributed by atoms with van der Waals surface area (Å²) in [7, 11) is 4.48. The average Bonchev–Trinajstić information content (AvgIpc) is 2.81. The van der Waals surface area contributed by atoms with E-state index in [0.29, 0.717) is 17.1 Å². The molecular formula is C24H23NO7. The first-order chi connectivity index (χ1) is 15.4. The lowest BCUT2D eigenvalue weighted by Crippen LogP contribution is -2.06. The lowest BCUT2D eigenvalue weighted by Gasteiger charge is -2.09. The maximum Gasteiger partial charge on any atom is 0.348 e. The van der Waals surface area contributed by atoms with Crippen LogP contribution < -0.4 is 18.9 Å². The molecule has 166 valence electrons. The Morgan fingerprint density at radius 2 is 1.50 bits per heavy atom. The maximum atomic E-state index is 12.3. The van der Waals surface area contributed by atoms with Crippen LogP contribution in [0.15, 0.2) is 48.0 Å². The van der Waals surface area contributed by atoms with Gasteiger partial charge in [-0.05, 0) is 54.5 Å². The lowest BCUT2D eigenvalue weighted by molar-refractivity contribution is -0.138. The van der Waals surface area contributed by atoms with Crippen LogP contribution in [0.3, 0.4) is 0 Å². The second-order valence-corrected chi connectivity index (χ2v) is 6.17. The van der Waals surface area contributed by atoms with Crippen LogP contribution in [0.1, 0.15) is 18.1 Å². The van der Waals surface area contributed by atoms with Crippen molar-refractivity contribution in [2.75, 3.05) is 27.9 Å². The predicted molar refractivity (Wildman–Crippen MR) is 117 cm³/mol. The van der Waals surface area contributed by atoms with E-state index in [2.05, 4.69) is 0 Å². The van der Waals surface area contributed by atoms with Crippen LogP contribution in [-0.2, 0) is 14.3 Å². The summed E-state index contributed by atoms with van der Waals surface area (Å²) in [6.07, 6.45) is 4.21. The highest BCUT2D eigenvalue weighted by molar-refractivity contribution is 5.98. The van der Waals surface area contributed by atoms with E-state index in [1.165, 1.54) is 45.6 Å². The molecule has 0 heterocycles. The van der Waals surface area contributed by atoms with Gasteiger partial charge < -0.3 is 23.7 Å². The molecule has 2 aromatic rings. The lowest BCUT2D eigenvalue weighted by atomic mass is 10.1. The highest BCUT2D eigenvalue weighted by Gasteiger charge is 2.13. The molecule has 0 aliphatic heterocycles. The van der Waals surface area contributed by atoms with Gasteiger partial charge in [-0.2, -0.15) is 5.26 Å². The number of carbonyl (C=O) groups is 2. The van der Waals surface area contributed by atoms with E-state index >= 15 is 0 Å². The van der Waals surface area contributed by atoms with Crippen LogP contribution in [0.25, 0.3) is 12.2 Å². The van der Waals surface area contributed by atoms with Crippen LogP contribution in [0.5, 0.6) is 23.0 Å². The Morgan fingerprint density at radius 3 is 2.12 bits per heavy atom. The minimum Gasteiger partial charge on any atom is -0.493 e. The molecule has 0 atom stereocenters. The number of nitrogens with zero attached hydrogens (tertiary/aromatic N) is 1. The molecule has 0 radical (unpaired) electrons. The van der Waals surface area contributed by atoms with Crippen molar-refractivity contribution in [2.24, 2.45) is 0 Å². The molecule has 32 heavy (non-hydrogen) atoms. The van der Waals surface area contributed by atoms with Crippen LogP contribution in [0.4, 0.5) is 0 Å². The quantitative estimate of drug-likeness (QED) is 0.253. The Balaban J connectivity index is 2.17. The van der Waals surface area contributed by atoms with Gasteiger partial charge in [0.05, 0.1) is 27.9 Å². The molecule has 0 saturated heterocycles. The third-order valence-corrected chi connectivity index (χ3v) is 4.14. The molecule has 0 bridgehead atoms. The van der Waals surface area contributed by atoms with E-state index in [1.807, 2.05) is 0 Å². The van der Waals surface area contributed by atoms with E-state index in [-0.39, 0.29) is 23.7 Å². The van der Waals surface area contributed by atoms with Gasteiger partial charge in [0.15, 0.2) is 23.0 Å². The fourth-order valence-electron chi connectivity index (χ4n) is 2.63. The zero-order valence-corrected chi connectivity index (χ0v) is 18.2. The Bertz CT molecular complexity index is 1080. The van der Waals surface area contributed by atoms with Crippen molar-refractivity contribution in [3.8, 4) is 29.1 Å². The molecule has 2 rings (SSSR count). The van der Waals surface area contributed by atoms with Gasteiger partial charge in [0.25, 0.3) is 0 Å². The first-order valence-corrected chi connectivity index (χ1v) is 9.54. The smallest absolute Gasteiger partial charge is 0.348 e. The maximum absolute atomic E-state index is 12.3. The van der Waals surface area contributed by atoms with E-state index in [9.17, 15) is 9.59 Å². The molecule has 0 aliphatic carbocycles. The largest absolute Gasteiger partial charge is 0.493 e. The molecule has 0 spiro atoms. The monoisotopic (exact) mass is 437 g/mol. The van der Waals surface area contributed by atoms with Crippen molar-refractivity contribution >= 4 is 24.1 Å². The number of methoxy groups -OCH3 is 3. The molecular weight excluding hydrogens is 414 g/mol. The summed E-state index contributed by atoms with van der Waals surface area (Å²) in [5.41, 5.74) is 1.07. The topological polar surface area (TPSA) is 104 Å². The zero-order valence-electron chi connectivity index (χ0n) is 18.2. The van der Waals surface area contributed by atoms with E-state index < -0.39 is 11.9 Å². The predicted octanol–water partition coefficient (Wildman–Crippen LogP) is 3.80. The summed E-state index contributed by atoms with van der Waals surface area (Å²) in [6.45, 7) is 1.81. The number of nitriles is 1.